The van der Waals surface area contributed by atoms with E-state index in [1.165, 1.54) is 12.7 Å². The van der Waals surface area contributed by atoms with Gasteiger partial charge >= 0.3 is 5.97 Å². The monoisotopic (exact) mass is 284 g/mol. The van der Waals surface area contributed by atoms with Crippen molar-refractivity contribution >= 4 is 16.9 Å². The van der Waals surface area contributed by atoms with Gasteiger partial charge in [0.05, 0.1) is 32.6 Å². The summed E-state index contributed by atoms with van der Waals surface area (Å²) in [6.45, 7) is 0.587. The summed E-state index contributed by atoms with van der Waals surface area (Å²) in [6.07, 6.45) is 1.13. The molecule has 2 aromatic rings. The van der Waals surface area contributed by atoms with E-state index in [4.69, 9.17) is 14.7 Å². The summed E-state index contributed by atoms with van der Waals surface area (Å²) >= 11 is 0. The molecule has 0 aliphatic carbocycles. The molecule has 3 rings (SSSR count). The lowest BCUT2D eigenvalue weighted by Gasteiger charge is -2.22. The zero-order valence-electron chi connectivity index (χ0n) is 11.8. The second-order valence-electron chi connectivity index (χ2n) is 5.12. The Labute approximate surface area is 122 Å². The number of H-pyrrole nitrogens is 1. The van der Waals surface area contributed by atoms with Gasteiger partial charge in [0.1, 0.15) is 6.10 Å². The molecule has 5 nitrogen and oxygen atoms in total. The topological polar surface area (TPSA) is 75.1 Å². The van der Waals surface area contributed by atoms with E-state index < -0.39 is 0 Å². The standard InChI is InChI=1S/C16H16N2O3/c1-20-15(19)9-14-16-11(5-7-21-14)12-8-10(4-6-17)2-3-13(12)18-16/h2-3,8,14,18H,4-5,7,9H2,1H3. The molecule has 2 heterocycles. The summed E-state index contributed by atoms with van der Waals surface area (Å²) in [7, 11) is 1.38. The molecule has 0 bridgehead atoms. The van der Waals surface area contributed by atoms with Gasteiger partial charge in [0, 0.05) is 16.6 Å². The lowest BCUT2D eigenvalue weighted by Crippen LogP contribution is -2.19. The number of hydrogen-bond donors (Lipinski definition) is 1. The average Bonchev–Trinajstić information content (AvgIpc) is 2.87. The van der Waals surface area contributed by atoms with Gasteiger partial charge < -0.3 is 14.5 Å². The minimum absolute atomic E-state index is 0.210. The van der Waals surface area contributed by atoms with Crippen molar-refractivity contribution in [3.63, 3.8) is 0 Å². The van der Waals surface area contributed by atoms with Crippen molar-refractivity contribution in [3.05, 3.63) is 35.0 Å². The number of rotatable bonds is 3. The highest BCUT2D eigenvalue weighted by Gasteiger charge is 2.27. The molecule has 1 unspecified atom stereocenters. The molecule has 1 atom stereocenters. The number of carbonyl (C=O) groups excluding carboxylic acids is 1. The van der Waals surface area contributed by atoms with Crippen molar-refractivity contribution in [2.45, 2.75) is 25.4 Å². The van der Waals surface area contributed by atoms with Crippen LogP contribution in [0.1, 0.15) is 29.3 Å². The van der Waals surface area contributed by atoms with Crippen molar-refractivity contribution in [1.82, 2.24) is 4.98 Å². The van der Waals surface area contributed by atoms with E-state index in [1.54, 1.807) is 0 Å². The average molecular weight is 284 g/mol. The van der Waals surface area contributed by atoms with Crippen LogP contribution in [0.2, 0.25) is 0 Å². The fraction of sp³-hybridized carbons (Fsp3) is 0.375. The Morgan fingerprint density at radius 1 is 1.57 bits per heavy atom. The summed E-state index contributed by atoms with van der Waals surface area (Å²) in [5, 5.41) is 9.94. The summed E-state index contributed by atoms with van der Waals surface area (Å²) in [4.78, 5) is 14.8. The van der Waals surface area contributed by atoms with E-state index in [2.05, 4.69) is 17.1 Å². The molecule has 0 amide bonds. The van der Waals surface area contributed by atoms with Crippen LogP contribution in [-0.2, 0) is 27.1 Å². The summed E-state index contributed by atoms with van der Waals surface area (Å²) in [5.74, 6) is -0.281. The van der Waals surface area contributed by atoms with Crippen LogP contribution in [0.25, 0.3) is 10.9 Å². The van der Waals surface area contributed by atoms with Crippen molar-refractivity contribution in [1.29, 1.82) is 5.26 Å². The number of hydrogen-bond acceptors (Lipinski definition) is 4. The molecular formula is C16H16N2O3. The first-order valence-electron chi connectivity index (χ1n) is 6.91. The summed E-state index contributed by atoms with van der Waals surface area (Å²) in [6, 6.07) is 8.15. The van der Waals surface area contributed by atoms with E-state index in [9.17, 15) is 4.79 Å². The van der Waals surface area contributed by atoms with Crippen LogP contribution in [0.15, 0.2) is 18.2 Å². The second kappa shape index (κ2) is 5.58. The SMILES string of the molecule is COC(=O)CC1OCCc2c1[nH]c1ccc(CC#N)cc21. The number of nitrogens with zero attached hydrogens (tertiary/aromatic N) is 1. The molecule has 0 radical (unpaired) electrons. The highest BCUT2D eigenvalue weighted by atomic mass is 16.5. The minimum Gasteiger partial charge on any atom is -0.469 e. The van der Waals surface area contributed by atoms with E-state index >= 15 is 0 Å². The van der Waals surface area contributed by atoms with Gasteiger partial charge in [-0.15, -0.1) is 0 Å². The molecule has 1 aromatic carbocycles. The van der Waals surface area contributed by atoms with Gasteiger partial charge in [-0.05, 0) is 29.7 Å². The Hall–Kier alpha value is -2.32. The highest BCUT2D eigenvalue weighted by Crippen LogP contribution is 2.35. The number of carbonyl (C=O) groups is 1. The Bertz CT molecular complexity index is 727. The lowest BCUT2D eigenvalue weighted by atomic mass is 9.99. The lowest BCUT2D eigenvalue weighted by molar-refractivity contribution is -0.144. The predicted molar refractivity (Wildman–Crippen MR) is 76.6 cm³/mol. The van der Waals surface area contributed by atoms with E-state index in [0.717, 1.165) is 28.6 Å². The zero-order valence-corrected chi connectivity index (χ0v) is 11.8. The number of nitriles is 1. The van der Waals surface area contributed by atoms with Gasteiger partial charge in [0.2, 0.25) is 0 Å². The number of aromatic nitrogens is 1. The minimum atomic E-state index is -0.284. The van der Waals surface area contributed by atoms with Gasteiger partial charge in [-0.2, -0.15) is 5.26 Å². The number of fused-ring (bicyclic) bond motifs is 3. The third kappa shape index (κ3) is 2.50. The normalized spacial score (nSPS) is 17.2. The molecule has 0 spiro atoms. The number of esters is 1. The molecule has 108 valence electrons. The number of benzene rings is 1. The molecule has 0 fully saturated rings. The third-order valence-electron chi connectivity index (χ3n) is 3.86. The highest BCUT2D eigenvalue weighted by molar-refractivity contribution is 5.86. The molecular weight excluding hydrogens is 268 g/mol. The first kappa shape index (κ1) is 13.7. The van der Waals surface area contributed by atoms with E-state index in [1.807, 2.05) is 12.1 Å². The van der Waals surface area contributed by atoms with Gasteiger partial charge in [-0.25, -0.2) is 0 Å². The smallest absolute Gasteiger partial charge is 0.308 e. The van der Waals surface area contributed by atoms with Crippen molar-refractivity contribution in [3.8, 4) is 6.07 Å². The maximum atomic E-state index is 11.5. The van der Waals surface area contributed by atoms with Gasteiger partial charge in [0.25, 0.3) is 0 Å². The molecule has 1 aliphatic rings. The molecule has 1 aliphatic heterocycles. The zero-order chi connectivity index (χ0) is 14.8. The first-order chi connectivity index (χ1) is 10.2. The largest absolute Gasteiger partial charge is 0.469 e. The van der Waals surface area contributed by atoms with Gasteiger partial charge in [-0.3, -0.25) is 4.79 Å². The molecule has 21 heavy (non-hydrogen) atoms. The maximum Gasteiger partial charge on any atom is 0.308 e. The van der Waals surface area contributed by atoms with Gasteiger partial charge in [0.15, 0.2) is 0 Å². The maximum absolute atomic E-state index is 11.5. The Balaban J connectivity index is 2.02. The number of methoxy groups -OCH3 is 1. The Kier molecular flexibility index (Phi) is 3.63. The molecule has 1 N–H and O–H groups in total. The van der Waals surface area contributed by atoms with Crippen molar-refractivity contribution in [2.75, 3.05) is 13.7 Å². The number of nitrogens with one attached hydrogen (secondary N) is 1. The summed E-state index contributed by atoms with van der Waals surface area (Å²) < 4.78 is 10.4. The molecule has 5 heteroatoms. The van der Waals surface area contributed by atoms with E-state index in [-0.39, 0.29) is 18.5 Å². The van der Waals surface area contributed by atoms with Crippen LogP contribution < -0.4 is 0 Å². The predicted octanol–water partition coefficient (Wildman–Crippen LogP) is 2.41. The van der Waals surface area contributed by atoms with Crippen LogP contribution in [0.4, 0.5) is 0 Å². The fourth-order valence-corrected chi connectivity index (χ4v) is 2.84. The molecule has 0 saturated carbocycles. The van der Waals surface area contributed by atoms with Crippen LogP contribution in [0.5, 0.6) is 0 Å². The fourth-order valence-electron chi connectivity index (χ4n) is 2.84. The Morgan fingerprint density at radius 2 is 2.43 bits per heavy atom. The van der Waals surface area contributed by atoms with Crippen molar-refractivity contribution in [2.24, 2.45) is 0 Å². The second-order valence-corrected chi connectivity index (χ2v) is 5.12. The van der Waals surface area contributed by atoms with Crippen LogP contribution >= 0.6 is 0 Å². The number of aromatic amines is 1. The van der Waals surface area contributed by atoms with Gasteiger partial charge in [-0.1, -0.05) is 6.07 Å². The van der Waals surface area contributed by atoms with Crippen LogP contribution in [0, 0.1) is 11.3 Å². The number of ether oxygens (including phenoxy) is 2. The first-order valence-corrected chi connectivity index (χ1v) is 6.91. The molecule has 0 saturated heterocycles. The Morgan fingerprint density at radius 3 is 3.19 bits per heavy atom. The summed E-state index contributed by atoms with van der Waals surface area (Å²) in [5.41, 5.74) is 4.16. The quantitative estimate of drug-likeness (QED) is 0.878. The van der Waals surface area contributed by atoms with Crippen LogP contribution in [0.3, 0.4) is 0 Å². The van der Waals surface area contributed by atoms with Crippen molar-refractivity contribution < 1.29 is 14.3 Å². The molecule has 1 aromatic heterocycles. The van der Waals surface area contributed by atoms with Crippen LogP contribution in [-0.4, -0.2) is 24.7 Å². The third-order valence-corrected chi connectivity index (χ3v) is 3.86. The van der Waals surface area contributed by atoms with E-state index in [0.29, 0.717) is 13.0 Å².